The highest BCUT2D eigenvalue weighted by Gasteiger charge is 2.24. The first-order valence-electron chi connectivity index (χ1n) is 7.33. The van der Waals surface area contributed by atoms with E-state index in [1.165, 1.54) is 5.56 Å². The van der Waals surface area contributed by atoms with Crippen LogP contribution in [-0.2, 0) is 16.4 Å². The lowest BCUT2D eigenvalue weighted by molar-refractivity contribution is 0.346. The van der Waals surface area contributed by atoms with Gasteiger partial charge in [-0.05, 0) is 43.0 Å². The van der Waals surface area contributed by atoms with Crippen LogP contribution in [0.3, 0.4) is 0 Å². The van der Waals surface area contributed by atoms with Crippen LogP contribution in [0, 0.1) is 5.92 Å². The van der Waals surface area contributed by atoms with Crippen molar-refractivity contribution in [2.45, 2.75) is 44.0 Å². The number of rotatable bonds is 5. The lowest BCUT2D eigenvalue weighted by Crippen LogP contribution is -2.48. The van der Waals surface area contributed by atoms with Crippen LogP contribution in [0.1, 0.15) is 32.3 Å². The molecule has 4 nitrogen and oxygen atoms in total. The van der Waals surface area contributed by atoms with E-state index in [-0.39, 0.29) is 6.04 Å². The fourth-order valence-corrected chi connectivity index (χ4v) is 3.91. The van der Waals surface area contributed by atoms with Crippen LogP contribution >= 0.6 is 0 Å². The molecule has 0 amide bonds. The smallest absolute Gasteiger partial charge is 0.240 e. The third kappa shape index (κ3) is 4.04. The molecule has 2 atom stereocenters. The zero-order valence-corrected chi connectivity index (χ0v) is 13.0. The maximum absolute atomic E-state index is 12.3. The zero-order valence-electron chi connectivity index (χ0n) is 12.2. The Hall–Kier alpha value is -0.910. The maximum Gasteiger partial charge on any atom is 0.240 e. The molecule has 1 fully saturated rings. The summed E-state index contributed by atoms with van der Waals surface area (Å²) in [7, 11) is -3.41. The molecular weight excluding hydrogens is 272 g/mol. The second-order valence-electron chi connectivity index (χ2n) is 5.71. The molecule has 2 N–H and O–H groups in total. The summed E-state index contributed by atoms with van der Waals surface area (Å²) < 4.78 is 27.5. The van der Waals surface area contributed by atoms with Gasteiger partial charge < -0.3 is 5.32 Å². The highest BCUT2D eigenvalue weighted by Crippen LogP contribution is 2.15. The summed E-state index contributed by atoms with van der Waals surface area (Å²) in [4.78, 5) is 0.357. The molecule has 1 aromatic carbocycles. The van der Waals surface area contributed by atoms with E-state index in [0.29, 0.717) is 17.4 Å². The molecular formula is C15H24N2O2S. The van der Waals surface area contributed by atoms with Gasteiger partial charge in [0.25, 0.3) is 0 Å². The van der Waals surface area contributed by atoms with E-state index in [1.807, 2.05) is 12.1 Å². The molecule has 0 spiro atoms. The van der Waals surface area contributed by atoms with Gasteiger partial charge in [0.2, 0.25) is 10.0 Å². The van der Waals surface area contributed by atoms with Gasteiger partial charge in [0, 0.05) is 12.6 Å². The number of nitrogens with one attached hydrogen (secondary N) is 2. The number of hydrogen-bond donors (Lipinski definition) is 2. The van der Waals surface area contributed by atoms with Crippen LogP contribution in [0.5, 0.6) is 0 Å². The third-order valence-electron chi connectivity index (χ3n) is 3.66. The lowest BCUT2D eigenvalue weighted by Gasteiger charge is -2.28. The minimum atomic E-state index is -3.41. The molecule has 1 aliphatic rings. The van der Waals surface area contributed by atoms with Crippen molar-refractivity contribution >= 4 is 10.0 Å². The van der Waals surface area contributed by atoms with Gasteiger partial charge in [0.05, 0.1) is 4.90 Å². The van der Waals surface area contributed by atoms with Crippen LogP contribution in [0.2, 0.25) is 0 Å². The van der Waals surface area contributed by atoms with Crippen LogP contribution in [0.15, 0.2) is 29.2 Å². The quantitative estimate of drug-likeness (QED) is 0.873. The highest BCUT2D eigenvalue weighted by molar-refractivity contribution is 7.89. The van der Waals surface area contributed by atoms with Gasteiger partial charge in [-0.25, -0.2) is 13.1 Å². The van der Waals surface area contributed by atoms with Gasteiger partial charge in [-0.3, -0.25) is 0 Å². The van der Waals surface area contributed by atoms with E-state index < -0.39 is 10.0 Å². The average molecular weight is 296 g/mol. The van der Waals surface area contributed by atoms with Crippen molar-refractivity contribution in [2.24, 2.45) is 5.92 Å². The van der Waals surface area contributed by atoms with E-state index in [9.17, 15) is 8.42 Å². The number of aryl methyl sites for hydroxylation is 1. The molecule has 0 aliphatic carbocycles. The van der Waals surface area contributed by atoms with E-state index >= 15 is 0 Å². The highest BCUT2D eigenvalue weighted by atomic mass is 32.2. The van der Waals surface area contributed by atoms with E-state index in [2.05, 4.69) is 23.9 Å². The number of sulfonamides is 1. The fraction of sp³-hybridized carbons (Fsp3) is 0.600. The molecule has 2 unspecified atom stereocenters. The van der Waals surface area contributed by atoms with Crippen molar-refractivity contribution in [3.63, 3.8) is 0 Å². The van der Waals surface area contributed by atoms with E-state index in [0.717, 1.165) is 25.8 Å². The first-order valence-corrected chi connectivity index (χ1v) is 8.81. The standard InChI is InChI=1S/C15H24N2O2S/c1-3-4-13-5-7-15(8-6-13)20(18,19)17-14-9-12(2)10-16-11-14/h5-8,12,14,16-17H,3-4,9-11H2,1-2H3. The summed E-state index contributed by atoms with van der Waals surface area (Å²) in [5, 5.41) is 3.26. The van der Waals surface area contributed by atoms with Gasteiger partial charge in [0.1, 0.15) is 0 Å². The molecule has 20 heavy (non-hydrogen) atoms. The van der Waals surface area contributed by atoms with Crippen molar-refractivity contribution in [1.29, 1.82) is 0 Å². The largest absolute Gasteiger partial charge is 0.315 e. The zero-order chi connectivity index (χ0) is 14.6. The Morgan fingerprint density at radius 2 is 1.95 bits per heavy atom. The number of benzene rings is 1. The van der Waals surface area contributed by atoms with Gasteiger partial charge in [0.15, 0.2) is 0 Å². The molecule has 1 aromatic rings. The van der Waals surface area contributed by atoms with Gasteiger partial charge in [-0.1, -0.05) is 32.4 Å². The monoisotopic (exact) mass is 296 g/mol. The van der Waals surface area contributed by atoms with Crippen LogP contribution in [0.4, 0.5) is 0 Å². The Morgan fingerprint density at radius 1 is 1.25 bits per heavy atom. The number of hydrogen-bond acceptors (Lipinski definition) is 3. The molecule has 0 radical (unpaired) electrons. The summed E-state index contributed by atoms with van der Waals surface area (Å²) in [6.45, 7) is 5.91. The van der Waals surface area contributed by atoms with Crippen LogP contribution in [-0.4, -0.2) is 27.5 Å². The SMILES string of the molecule is CCCc1ccc(S(=O)(=O)NC2CNCC(C)C2)cc1. The van der Waals surface area contributed by atoms with E-state index in [1.54, 1.807) is 12.1 Å². The van der Waals surface area contributed by atoms with Crippen molar-refractivity contribution in [3.8, 4) is 0 Å². The summed E-state index contributed by atoms with van der Waals surface area (Å²) >= 11 is 0. The lowest BCUT2D eigenvalue weighted by atomic mass is 9.99. The maximum atomic E-state index is 12.3. The first kappa shape index (κ1) is 15.5. The Balaban J connectivity index is 2.05. The normalized spacial score (nSPS) is 23.7. The average Bonchev–Trinajstić information content (AvgIpc) is 2.39. The second-order valence-corrected chi connectivity index (χ2v) is 7.43. The Bertz CT molecular complexity index is 525. The Morgan fingerprint density at radius 3 is 2.55 bits per heavy atom. The predicted octanol–water partition coefficient (Wildman–Crippen LogP) is 1.92. The molecule has 0 bridgehead atoms. The van der Waals surface area contributed by atoms with Crippen molar-refractivity contribution < 1.29 is 8.42 Å². The molecule has 0 aromatic heterocycles. The first-order chi connectivity index (χ1) is 9.51. The summed E-state index contributed by atoms with van der Waals surface area (Å²) in [6.07, 6.45) is 2.94. The molecule has 2 rings (SSSR count). The number of piperidine rings is 1. The molecule has 1 heterocycles. The third-order valence-corrected chi connectivity index (χ3v) is 5.20. The van der Waals surface area contributed by atoms with E-state index in [4.69, 9.17) is 0 Å². The van der Waals surface area contributed by atoms with Crippen molar-refractivity contribution in [2.75, 3.05) is 13.1 Å². The van der Waals surface area contributed by atoms with Crippen molar-refractivity contribution in [3.05, 3.63) is 29.8 Å². The minimum Gasteiger partial charge on any atom is -0.315 e. The molecule has 5 heteroatoms. The summed E-state index contributed by atoms with van der Waals surface area (Å²) in [5.74, 6) is 0.503. The minimum absolute atomic E-state index is 0.0148. The summed E-state index contributed by atoms with van der Waals surface area (Å²) in [5.41, 5.74) is 1.18. The molecule has 1 saturated heterocycles. The van der Waals surface area contributed by atoms with Crippen LogP contribution < -0.4 is 10.0 Å². The van der Waals surface area contributed by atoms with Crippen molar-refractivity contribution in [1.82, 2.24) is 10.0 Å². The van der Waals surface area contributed by atoms with Gasteiger partial charge in [-0.2, -0.15) is 0 Å². The molecule has 0 saturated carbocycles. The van der Waals surface area contributed by atoms with Crippen LogP contribution in [0.25, 0.3) is 0 Å². The predicted molar refractivity (Wildman–Crippen MR) is 81.2 cm³/mol. The topological polar surface area (TPSA) is 58.2 Å². The Labute approximate surface area is 122 Å². The molecule has 112 valence electrons. The van der Waals surface area contributed by atoms with Gasteiger partial charge in [-0.15, -0.1) is 0 Å². The second kappa shape index (κ2) is 6.70. The molecule has 1 aliphatic heterocycles. The summed E-state index contributed by atoms with van der Waals surface area (Å²) in [6, 6.07) is 7.19. The Kier molecular flexibility index (Phi) is 5.18. The van der Waals surface area contributed by atoms with Gasteiger partial charge >= 0.3 is 0 Å². The fourth-order valence-electron chi connectivity index (χ4n) is 2.66.